The monoisotopic (exact) mass is 227 g/mol. The zero-order valence-electron chi connectivity index (χ0n) is 8.52. The van der Waals surface area contributed by atoms with Crippen molar-refractivity contribution < 1.29 is 9.53 Å². The summed E-state index contributed by atoms with van der Waals surface area (Å²) in [5.41, 5.74) is 0.685. The summed E-state index contributed by atoms with van der Waals surface area (Å²) >= 11 is 1.13. The fourth-order valence-electron chi connectivity index (χ4n) is 1.53. The number of carbonyl (C=O) groups is 1. The van der Waals surface area contributed by atoms with Crippen molar-refractivity contribution in [3.8, 4) is 0 Å². The van der Waals surface area contributed by atoms with Crippen LogP contribution in [-0.4, -0.2) is 34.7 Å². The van der Waals surface area contributed by atoms with Gasteiger partial charge >= 0.3 is 0 Å². The smallest absolute Gasteiger partial charge is 0.265 e. The fraction of sp³-hybridized carbons (Fsp3) is 0.667. The van der Waals surface area contributed by atoms with Crippen molar-refractivity contribution >= 4 is 17.4 Å². The molecule has 1 aliphatic heterocycles. The normalized spacial score (nSPS) is 20.5. The Kier molecular flexibility index (Phi) is 3.27. The van der Waals surface area contributed by atoms with E-state index in [0.29, 0.717) is 17.1 Å². The zero-order chi connectivity index (χ0) is 10.7. The van der Waals surface area contributed by atoms with Gasteiger partial charge in [0.2, 0.25) is 0 Å². The van der Waals surface area contributed by atoms with Gasteiger partial charge in [-0.3, -0.25) is 4.79 Å². The predicted molar refractivity (Wildman–Crippen MR) is 56.0 cm³/mol. The van der Waals surface area contributed by atoms with E-state index in [1.807, 2.05) is 0 Å². The van der Waals surface area contributed by atoms with E-state index in [1.54, 1.807) is 6.92 Å². The highest BCUT2D eigenvalue weighted by atomic mass is 32.1. The minimum Gasteiger partial charge on any atom is -0.376 e. The molecule has 6 heteroatoms. The van der Waals surface area contributed by atoms with Gasteiger partial charge in [0.15, 0.2) is 0 Å². The maximum atomic E-state index is 11.6. The lowest BCUT2D eigenvalue weighted by molar-refractivity contribution is 0.0860. The van der Waals surface area contributed by atoms with E-state index < -0.39 is 0 Å². The largest absolute Gasteiger partial charge is 0.376 e. The van der Waals surface area contributed by atoms with Gasteiger partial charge < -0.3 is 10.1 Å². The Bertz CT molecular complexity index is 347. The Hall–Kier alpha value is -1.01. The summed E-state index contributed by atoms with van der Waals surface area (Å²) in [6, 6.07) is 0. The molecule has 2 rings (SSSR count). The summed E-state index contributed by atoms with van der Waals surface area (Å²) in [7, 11) is 0. The number of aryl methyl sites for hydroxylation is 1. The summed E-state index contributed by atoms with van der Waals surface area (Å²) in [6.07, 6.45) is 2.29. The first-order valence-electron chi connectivity index (χ1n) is 4.96. The van der Waals surface area contributed by atoms with Crippen molar-refractivity contribution in [2.45, 2.75) is 25.9 Å². The van der Waals surface area contributed by atoms with E-state index in [0.717, 1.165) is 31.0 Å². The SMILES string of the molecule is Cc1nnsc1C(=O)NC[C@H]1CCCO1. The lowest BCUT2D eigenvalue weighted by Gasteiger charge is -2.09. The van der Waals surface area contributed by atoms with Gasteiger partial charge in [-0.1, -0.05) is 4.49 Å². The van der Waals surface area contributed by atoms with Crippen LogP contribution >= 0.6 is 11.5 Å². The average molecular weight is 227 g/mol. The number of rotatable bonds is 3. The zero-order valence-corrected chi connectivity index (χ0v) is 9.34. The highest BCUT2D eigenvalue weighted by molar-refractivity contribution is 7.07. The number of carbonyl (C=O) groups excluding carboxylic acids is 1. The number of aromatic nitrogens is 2. The van der Waals surface area contributed by atoms with Gasteiger partial charge in [-0.2, -0.15) is 0 Å². The van der Waals surface area contributed by atoms with Crippen LogP contribution in [0.25, 0.3) is 0 Å². The van der Waals surface area contributed by atoms with Crippen LogP contribution in [0, 0.1) is 6.92 Å². The first-order valence-corrected chi connectivity index (χ1v) is 5.73. The molecule has 1 aliphatic rings. The number of ether oxygens (including phenoxy) is 1. The van der Waals surface area contributed by atoms with Crippen LogP contribution in [0.4, 0.5) is 0 Å². The van der Waals surface area contributed by atoms with Gasteiger partial charge in [-0.05, 0) is 31.3 Å². The molecule has 1 aromatic heterocycles. The van der Waals surface area contributed by atoms with E-state index in [4.69, 9.17) is 4.74 Å². The number of nitrogens with zero attached hydrogens (tertiary/aromatic N) is 2. The van der Waals surface area contributed by atoms with Gasteiger partial charge in [0.25, 0.3) is 5.91 Å². The Morgan fingerprint density at radius 2 is 2.60 bits per heavy atom. The Morgan fingerprint density at radius 3 is 3.20 bits per heavy atom. The summed E-state index contributed by atoms with van der Waals surface area (Å²) in [5.74, 6) is -0.0991. The Balaban J connectivity index is 1.84. The molecule has 1 fully saturated rings. The van der Waals surface area contributed by atoms with E-state index in [2.05, 4.69) is 14.9 Å². The lowest BCUT2D eigenvalue weighted by atomic mass is 10.2. The molecule has 0 radical (unpaired) electrons. The standard InChI is InChI=1S/C9H13N3O2S/c1-6-8(15-12-11-6)9(13)10-5-7-3-2-4-14-7/h7H,2-5H2,1H3,(H,10,13)/t7-/m1/s1. The summed E-state index contributed by atoms with van der Waals surface area (Å²) < 4.78 is 9.13. The quantitative estimate of drug-likeness (QED) is 0.827. The van der Waals surface area contributed by atoms with Gasteiger partial charge in [0, 0.05) is 13.2 Å². The van der Waals surface area contributed by atoms with Crippen molar-refractivity contribution in [2.24, 2.45) is 0 Å². The van der Waals surface area contributed by atoms with Gasteiger partial charge in [0.05, 0.1) is 11.8 Å². The second-order valence-corrected chi connectivity index (χ2v) is 4.29. The third-order valence-electron chi connectivity index (χ3n) is 2.37. The molecule has 0 spiro atoms. The Morgan fingerprint density at radius 1 is 1.73 bits per heavy atom. The predicted octanol–water partition coefficient (Wildman–Crippen LogP) is 0.755. The number of amides is 1. The third-order valence-corrected chi connectivity index (χ3v) is 3.20. The molecule has 0 aliphatic carbocycles. The second-order valence-electron chi connectivity index (χ2n) is 3.53. The molecule has 82 valence electrons. The van der Waals surface area contributed by atoms with Crippen molar-refractivity contribution in [3.05, 3.63) is 10.6 Å². The Labute approximate surface area is 92.0 Å². The molecule has 5 nitrogen and oxygen atoms in total. The van der Waals surface area contributed by atoms with Crippen LogP contribution in [0.2, 0.25) is 0 Å². The van der Waals surface area contributed by atoms with E-state index in [-0.39, 0.29) is 12.0 Å². The third kappa shape index (κ3) is 2.51. The van der Waals surface area contributed by atoms with Crippen LogP contribution in [0.1, 0.15) is 28.2 Å². The molecule has 1 amide bonds. The maximum absolute atomic E-state index is 11.6. The number of nitrogens with one attached hydrogen (secondary N) is 1. The van der Waals surface area contributed by atoms with Crippen LogP contribution in [0.15, 0.2) is 0 Å². The van der Waals surface area contributed by atoms with Crippen molar-refractivity contribution in [2.75, 3.05) is 13.2 Å². The van der Waals surface area contributed by atoms with E-state index in [9.17, 15) is 4.79 Å². The van der Waals surface area contributed by atoms with Gasteiger partial charge in [0.1, 0.15) is 4.88 Å². The van der Waals surface area contributed by atoms with Gasteiger partial charge in [-0.15, -0.1) is 5.10 Å². The lowest BCUT2D eigenvalue weighted by Crippen LogP contribution is -2.31. The van der Waals surface area contributed by atoms with Crippen LogP contribution < -0.4 is 5.32 Å². The summed E-state index contributed by atoms with van der Waals surface area (Å²) in [6.45, 7) is 3.17. The molecule has 0 saturated carbocycles. The second kappa shape index (κ2) is 4.67. The molecule has 0 bridgehead atoms. The molecule has 1 aromatic rings. The number of hydrogen-bond donors (Lipinski definition) is 1. The number of hydrogen-bond acceptors (Lipinski definition) is 5. The topological polar surface area (TPSA) is 64.1 Å². The fourth-order valence-corrected chi connectivity index (χ4v) is 2.10. The summed E-state index contributed by atoms with van der Waals surface area (Å²) in [4.78, 5) is 12.2. The van der Waals surface area contributed by atoms with Crippen LogP contribution in [0.3, 0.4) is 0 Å². The molecule has 1 N–H and O–H groups in total. The van der Waals surface area contributed by atoms with Gasteiger partial charge in [-0.25, -0.2) is 0 Å². The first kappa shape index (κ1) is 10.5. The molecular formula is C9H13N3O2S. The van der Waals surface area contributed by atoms with Crippen molar-refractivity contribution in [1.29, 1.82) is 0 Å². The van der Waals surface area contributed by atoms with Crippen molar-refractivity contribution in [3.63, 3.8) is 0 Å². The average Bonchev–Trinajstić information content (AvgIpc) is 2.84. The maximum Gasteiger partial charge on any atom is 0.265 e. The molecule has 15 heavy (non-hydrogen) atoms. The molecule has 1 saturated heterocycles. The van der Waals surface area contributed by atoms with Crippen molar-refractivity contribution in [1.82, 2.24) is 14.9 Å². The molecule has 0 aromatic carbocycles. The molecular weight excluding hydrogens is 214 g/mol. The molecule has 2 heterocycles. The minimum absolute atomic E-state index is 0.0991. The first-order chi connectivity index (χ1) is 7.27. The van der Waals surface area contributed by atoms with Crippen LogP contribution in [0.5, 0.6) is 0 Å². The molecule has 0 unspecified atom stereocenters. The van der Waals surface area contributed by atoms with E-state index in [1.165, 1.54) is 0 Å². The summed E-state index contributed by atoms with van der Waals surface area (Å²) in [5, 5.41) is 6.63. The van der Waals surface area contributed by atoms with Crippen LogP contribution in [-0.2, 0) is 4.74 Å². The highest BCUT2D eigenvalue weighted by Crippen LogP contribution is 2.12. The van der Waals surface area contributed by atoms with E-state index >= 15 is 0 Å². The highest BCUT2D eigenvalue weighted by Gasteiger charge is 2.18. The minimum atomic E-state index is -0.0991. The molecule has 1 atom stereocenters.